The fourth-order valence-corrected chi connectivity index (χ4v) is 2.62. The number of hydrogen-bond acceptors (Lipinski definition) is 3. The molecule has 8 heteroatoms. The van der Waals surface area contributed by atoms with E-state index in [0.29, 0.717) is 31.2 Å². The van der Waals surface area contributed by atoms with E-state index in [1.165, 1.54) is 24.3 Å². The molecule has 1 aliphatic rings. The molecule has 0 saturated heterocycles. The van der Waals surface area contributed by atoms with E-state index in [1.807, 2.05) is 0 Å². The molecule has 0 atom stereocenters. The molecular formula is C16H18F3NO4. The maximum atomic E-state index is 12.1. The van der Waals surface area contributed by atoms with Crippen LogP contribution in [0, 0.1) is 5.92 Å². The van der Waals surface area contributed by atoms with Crippen LogP contribution in [0.2, 0.25) is 0 Å². The number of nitrogens with one attached hydrogen (secondary N) is 1. The highest BCUT2D eigenvalue weighted by Crippen LogP contribution is 2.25. The van der Waals surface area contributed by atoms with Gasteiger partial charge in [-0.05, 0) is 49.9 Å². The van der Waals surface area contributed by atoms with Crippen LogP contribution in [-0.4, -0.2) is 35.8 Å². The van der Waals surface area contributed by atoms with E-state index in [0.717, 1.165) is 0 Å². The summed E-state index contributed by atoms with van der Waals surface area (Å²) in [6.45, 7) is -1.38. The molecule has 5 nitrogen and oxygen atoms in total. The molecule has 1 fully saturated rings. The van der Waals surface area contributed by atoms with Gasteiger partial charge >= 0.3 is 12.1 Å². The van der Waals surface area contributed by atoms with Crippen LogP contribution in [0.25, 0.3) is 0 Å². The fraction of sp³-hybridized carbons (Fsp3) is 0.500. The number of alkyl halides is 3. The second-order valence-corrected chi connectivity index (χ2v) is 5.79. The number of ether oxygens (including phenoxy) is 1. The third-order valence-electron chi connectivity index (χ3n) is 3.93. The summed E-state index contributed by atoms with van der Waals surface area (Å²) in [4.78, 5) is 23.0. The van der Waals surface area contributed by atoms with Crippen molar-refractivity contribution < 1.29 is 32.6 Å². The van der Waals surface area contributed by atoms with Crippen LogP contribution >= 0.6 is 0 Å². The standard InChI is InChI=1S/C16H18F3NO4/c17-16(18,19)9-24-13-7-3-10(4-8-13)14(21)20-12-5-1-11(2-6-12)15(22)23/h3-4,7-8,11-12H,1-2,5-6,9H2,(H,20,21)(H,22,23). The van der Waals surface area contributed by atoms with E-state index >= 15 is 0 Å². The van der Waals surface area contributed by atoms with Crippen molar-refractivity contribution in [3.05, 3.63) is 29.8 Å². The zero-order valence-electron chi connectivity index (χ0n) is 12.8. The van der Waals surface area contributed by atoms with E-state index in [-0.39, 0.29) is 23.6 Å². The first-order valence-electron chi connectivity index (χ1n) is 7.58. The molecule has 0 aromatic heterocycles. The first-order valence-corrected chi connectivity index (χ1v) is 7.58. The number of aliphatic carboxylic acids is 1. The van der Waals surface area contributed by atoms with E-state index in [2.05, 4.69) is 10.1 Å². The van der Waals surface area contributed by atoms with Crippen LogP contribution in [0.4, 0.5) is 13.2 Å². The summed E-state index contributed by atoms with van der Waals surface area (Å²) in [6.07, 6.45) is -2.19. The number of carboxylic acid groups (broad SMARTS) is 1. The molecule has 1 saturated carbocycles. The molecule has 0 unspecified atom stereocenters. The van der Waals surface area contributed by atoms with Crippen LogP contribution < -0.4 is 10.1 Å². The highest BCUT2D eigenvalue weighted by molar-refractivity contribution is 5.94. The third-order valence-corrected chi connectivity index (χ3v) is 3.93. The molecule has 24 heavy (non-hydrogen) atoms. The molecule has 0 heterocycles. The molecule has 0 bridgehead atoms. The molecule has 1 amide bonds. The summed E-state index contributed by atoms with van der Waals surface area (Å²) >= 11 is 0. The monoisotopic (exact) mass is 345 g/mol. The quantitative estimate of drug-likeness (QED) is 0.860. The Balaban J connectivity index is 1.84. The molecule has 0 aliphatic heterocycles. The van der Waals surface area contributed by atoms with Gasteiger partial charge in [0, 0.05) is 11.6 Å². The van der Waals surface area contributed by atoms with E-state index in [9.17, 15) is 22.8 Å². The second-order valence-electron chi connectivity index (χ2n) is 5.79. The van der Waals surface area contributed by atoms with Gasteiger partial charge in [0.1, 0.15) is 5.75 Å². The first-order chi connectivity index (χ1) is 11.2. The molecule has 1 aromatic carbocycles. The van der Waals surface area contributed by atoms with Crippen molar-refractivity contribution in [3.8, 4) is 5.75 Å². The third kappa shape index (κ3) is 5.43. The number of halogens is 3. The molecule has 2 N–H and O–H groups in total. The lowest BCUT2D eigenvalue weighted by Gasteiger charge is -2.26. The number of amides is 1. The minimum atomic E-state index is -4.41. The minimum absolute atomic E-state index is 0.0332. The van der Waals surface area contributed by atoms with E-state index in [1.54, 1.807) is 0 Å². The van der Waals surface area contributed by atoms with E-state index in [4.69, 9.17) is 5.11 Å². The van der Waals surface area contributed by atoms with Gasteiger partial charge in [0.2, 0.25) is 0 Å². The van der Waals surface area contributed by atoms with E-state index < -0.39 is 18.8 Å². The van der Waals surface area contributed by atoms with Gasteiger partial charge < -0.3 is 15.2 Å². The highest BCUT2D eigenvalue weighted by atomic mass is 19.4. The van der Waals surface area contributed by atoms with Crippen LogP contribution in [0.1, 0.15) is 36.0 Å². The highest BCUT2D eigenvalue weighted by Gasteiger charge is 2.29. The van der Waals surface area contributed by atoms with Gasteiger partial charge in [-0.3, -0.25) is 9.59 Å². The van der Waals surface area contributed by atoms with Crippen molar-refractivity contribution in [3.63, 3.8) is 0 Å². The predicted octanol–water partition coefficient (Wildman–Crippen LogP) is 3.00. The van der Waals surface area contributed by atoms with Gasteiger partial charge in [0.25, 0.3) is 5.91 Å². The van der Waals surface area contributed by atoms with Gasteiger partial charge in [0.15, 0.2) is 6.61 Å². The van der Waals surface area contributed by atoms with Crippen molar-refractivity contribution in [2.24, 2.45) is 5.92 Å². The van der Waals surface area contributed by atoms with Crippen molar-refractivity contribution in [2.45, 2.75) is 37.9 Å². The molecule has 1 aliphatic carbocycles. The lowest BCUT2D eigenvalue weighted by molar-refractivity contribution is -0.153. The summed E-state index contributed by atoms with van der Waals surface area (Å²) in [5.41, 5.74) is 0.315. The zero-order valence-corrected chi connectivity index (χ0v) is 12.8. The number of rotatable bonds is 5. The molecule has 1 aromatic rings. The van der Waals surface area contributed by atoms with Crippen molar-refractivity contribution in [1.82, 2.24) is 5.32 Å². The second kappa shape index (κ2) is 7.55. The van der Waals surface area contributed by atoms with Crippen molar-refractivity contribution in [2.75, 3.05) is 6.61 Å². The largest absolute Gasteiger partial charge is 0.484 e. The lowest BCUT2D eigenvalue weighted by atomic mass is 9.86. The Kier molecular flexibility index (Phi) is 5.69. The van der Waals surface area contributed by atoms with Crippen LogP contribution in [0.5, 0.6) is 5.75 Å². The Morgan fingerprint density at radius 3 is 2.21 bits per heavy atom. The number of carbonyl (C=O) groups excluding carboxylic acids is 1. The molecule has 0 radical (unpaired) electrons. The topological polar surface area (TPSA) is 75.6 Å². The van der Waals surface area contributed by atoms with Crippen LogP contribution in [0.15, 0.2) is 24.3 Å². The Bertz CT molecular complexity index is 578. The average molecular weight is 345 g/mol. The van der Waals surface area contributed by atoms with Gasteiger partial charge in [-0.25, -0.2) is 0 Å². The Morgan fingerprint density at radius 1 is 1.12 bits per heavy atom. The number of carboxylic acids is 1. The Labute approximate surface area is 136 Å². The van der Waals surface area contributed by atoms with Crippen LogP contribution in [-0.2, 0) is 4.79 Å². The Hall–Kier alpha value is -2.25. The SMILES string of the molecule is O=C(NC1CCC(C(=O)O)CC1)c1ccc(OCC(F)(F)F)cc1. The van der Waals surface area contributed by atoms with Gasteiger partial charge in [-0.1, -0.05) is 0 Å². The van der Waals surface area contributed by atoms with Crippen LogP contribution in [0.3, 0.4) is 0 Å². The number of hydrogen-bond donors (Lipinski definition) is 2. The molecule has 2 rings (SSSR count). The maximum absolute atomic E-state index is 12.1. The average Bonchev–Trinajstić information content (AvgIpc) is 2.53. The Morgan fingerprint density at radius 2 is 1.71 bits per heavy atom. The smallest absolute Gasteiger partial charge is 0.422 e. The zero-order chi connectivity index (χ0) is 17.7. The molecular weight excluding hydrogens is 327 g/mol. The summed E-state index contributed by atoms with van der Waals surface area (Å²) < 4.78 is 40.8. The normalized spacial score (nSPS) is 21.1. The summed E-state index contributed by atoms with van der Waals surface area (Å²) in [5, 5.41) is 11.8. The summed E-state index contributed by atoms with van der Waals surface area (Å²) in [7, 11) is 0. The summed E-state index contributed by atoms with van der Waals surface area (Å²) in [6, 6.07) is 5.31. The van der Waals surface area contributed by atoms with Gasteiger partial charge in [-0.15, -0.1) is 0 Å². The van der Waals surface area contributed by atoms with Crippen molar-refractivity contribution in [1.29, 1.82) is 0 Å². The fourth-order valence-electron chi connectivity index (χ4n) is 2.62. The number of benzene rings is 1. The van der Waals surface area contributed by atoms with Gasteiger partial charge in [-0.2, -0.15) is 13.2 Å². The van der Waals surface area contributed by atoms with Crippen molar-refractivity contribution >= 4 is 11.9 Å². The predicted molar refractivity (Wildman–Crippen MR) is 78.8 cm³/mol. The van der Waals surface area contributed by atoms with Gasteiger partial charge in [0.05, 0.1) is 5.92 Å². The number of carbonyl (C=O) groups is 2. The molecule has 0 spiro atoms. The lowest BCUT2D eigenvalue weighted by Crippen LogP contribution is -2.38. The molecule has 132 valence electrons. The maximum Gasteiger partial charge on any atom is 0.422 e. The first kappa shape index (κ1) is 18.1. The summed E-state index contributed by atoms with van der Waals surface area (Å²) in [5.74, 6) is -1.47. The minimum Gasteiger partial charge on any atom is -0.484 e.